The molecule has 0 amide bonds. The maximum absolute atomic E-state index is 12.1. The molecule has 0 aromatic carbocycles. The van der Waals surface area contributed by atoms with Gasteiger partial charge in [0.2, 0.25) is 0 Å². The molecule has 4 fully saturated rings. The minimum Gasteiger partial charge on any atom is -0.462 e. The number of rotatable bonds is 3. The van der Waals surface area contributed by atoms with Crippen molar-refractivity contribution in [3.05, 3.63) is 0 Å². The first-order chi connectivity index (χ1) is 12.0. The van der Waals surface area contributed by atoms with E-state index in [1.54, 1.807) is 7.11 Å². The third-order valence-corrected chi connectivity index (χ3v) is 7.47. The summed E-state index contributed by atoms with van der Waals surface area (Å²) in [5.41, 5.74) is -0.340. The maximum atomic E-state index is 12.1. The maximum Gasteiger partial charge on any atom is 0.308 e. The summed E-state index contributed by atoms with van der Waals surface area (Å²) in [6, 6.07) is 0. The Balaban J connectivity index is 1.71. The molecule has 2 heterocycles. The molecule has 1 spiro atoms. The summed E-state index contributed by atoms with van der Waals surface area (Å²) in [5.74, 6) is -0.330. The molecule has 4 rings (SSSR count). The Morgan fingerprint density at radius 2 is 1.92 bits per heavy atom. The van der Waals surface area contributed by atoms with Crippen LogP contribution in [-0.4, -0.2) is 51.1 Å². The fraction of sp³-hybridized carbons (Fsp3) is 0.947. The van der Waals surface area contributed by atoms with Gasteiger partial charge in [0.1, 0.15) is 12.9 Å². The van der Waals surface area contributed by atoms with Gasteiger partial charge in [-0.1, -0.05) is 13.8 Å². The molecule has 4 aliphatic rings. The van der Waals surface area contributed by atoms with E-state index in [2.05, 4.69) is 13.8 Å². The highest BCUT2D eigenvalue weighted by Crippen LogP contribution is 2.66. The Morgan fingerprint density at radius 1 is 1.16 bits per heavy atom. The molecule has 6 heteroatoms. The molecule has 0 radical (unpaired) electrons. The molecule has 0 N–H and O–H groups in total. The van der Waals surface area contributed by atoms with E-state index in [4.69, 9.17) is 23.7 Å². The lowest BCUT2D eigenvalue weighted by molar-refractivity contribution is -0.321. The molecule has 2 aliphatic carbocycles. The summed E-state index contributed by atoms with van der Waals surface area (Å²) in [7, 11) is 1.61. The second-order valence-electron chi connectivity index (χ2n) is 8.46. The zero-order chi connectivity index (χ0) is 17.7. The van der Waals surface area contributed by atoms with Crippen LogP contribution in [-0.2, 0) is 28.5 Å². The highest BCUT2D eigenvalue weighted by Gasteiger charge is 2.69. The first-order valence-corrected chi connectivity index (χ1v) is 9.54. The Kier molecular flexibility index (Phi) is 4.38. The second kappa shape index (κ2) is 6.19. The number of hydrogen-bond acceptors (Lipinski definition) is 6. The van der Waals surface area contributed by atoms with E-state index < -0.39 is 5.79 Å². The van der Waals surface area contributed by atoms with Gasteiger partial charge < -0.3 is 23.7 Å². The first-order valence-electron chi connectivity index (χ1n) is 9.54. The molecule has 25 heavy (non-hydrogen) atoms. The van der Waals surface area contributed by atoms with Crippen LogP contribution in [0.5, 0.6) is 0 Å². The molecule has 142 valence electrons. The van der Waals surface area contributed by atoms with Gasteiger partial charge in [-0.15, -0.1) is 0 Å². The van der Waals surface area contributed by atoms with Crippen LogP contribution in [0.2, 0.25) is 0 Å². The van der Waals surface area contributed by atoms with Gasteiger partial charge in [-0.3, -0.25) is 4.79 Å². The highest BCUT2D eigenvalue weighted by atomic mass is 16.7. The first kappa shape index (κ1) is 17.7. The Hall–Kier alpha value is -0.690. The molecule has 2 saturated heterocycles. The zero-order valence-electron chi connectivity index (χ0n) is 15.5. The molecule has 0 unspecified atom stereocenters. The summed E-state index contributed by atoms with van der Waals surface area (Å²) in [6.45, 7) is 6.08. The molecule has 0 aromatic heterocycles. The van der Waals surface area contributed by atoms with Gasteiger partial charge >= 0.3 is 5.97 Å². The second-order valence-corrected chi connectivity index (χ2v) is 8.46. The van der Waals surface area contributed by atoms with E-state index in [1.807, 2.05) is 0 Å². The van der Waals surface area contributed by atoms with E-state index in [0.717, 1.165) is 32.1 Å². The summed E-state index contributed by atoms with van der Waals surface area (Å²) < 4.78 is 29.4. The normalized spacial score (nSPS) is 45.7. The van der Waals surface area contributed by atoms with Crippen LogP contribution in [0.25, 0.3) is 0 Å². The summed E-state index contributed by atoms with van der Waals surface area (Å²) in [5, 5.41) is 0. The van der Waals surface area contributed by atoms with Crippen LogP contribution < -0.4 is 0 Å². The fourth-order valence-corrected chi connectivity index (χ4v) is 6.25. The van der Waals surface area contributed by atoms with Crippen molar-refractivity contribution >= 4 is 5.97 Å². The largest absolute Gasteiger partial charge is 0.462 e. The number of hydrogen-bond donors (Lipinski definition) is 0. The number of methoxy groups -OCH3 is 1. The molecule has 6 nitrogen and oxygen atoms in total. The molecular formula is C19H30O6. The lowest BCUT2D eigenvalue weighted by Crippen LogP contribution is -2.68. The Labute approximate surface area is 149 Å². The molecule has 2 aliphatic heterocycles. The van der Waals surface area contributed by atoms with E-state index in [-0.39, 0.29) is 42.2 Å². The topological polar surface area (TPSA) is 63.2 Å². The summed E-state index contributed by atoms with van der Waals surface area (Å²) >= 11 is 0. The van der Waals surface area contributed by atoms with E-state index in [9.17, 15) is 4.79 Å². The minimum atomic E-state index is -0.489. The predicted molar refractivity (Wildman–Crippen MR) is 88.7 cm³/mol. The van der Waals surface area contributed by atoms with Crippen molar-refractivity contribution in [2.24, 2.45) is 16.7 Å². The van der Waals surface area contributed by atoms with Gasteiger partial charge in [0.05, 0.1) is 25.7 Å². The van der Waals surface area contributed by atoms with E-state index in [0.29, 0.717) is 19.1 Å². The molecule has 2 saturated carbocycles. The van der Waals surface area contributed by atoms with Gasteiger partial charge in [-0.25, -0.2) is 0 Å². The van der Waals surface area contributed by atoms with Crippen molar-refractivity contribution in [3.8, 4) is 0 Å². The van der Waals surface area contributed by atoms with Gasteiger partial charge in [-0.05, 0) is 31.6 Å². The van der Waals surface area contributed by atoms with Crippen molar-refractivity contribution < 1.29 is 28.5 Å². The Bertz CT molecular complexity index is 530. The quantitative estimate of drug-likeness (QED) is 0.573. The van der Waals surface area contributed by atoms with Crippen molar-refractivity contribution in [1.82, 2.24) is 0 Å². The van der Waals surface area contributed by atoms with Crippen molar-refractivity contribution in [2.75, 3.05) is 27.1 Å². The number of ether oxygens (including phenoxy) is 5. The van der Waals surface area contributed by atoms with Gasteiger partial charge in [0.15, 0.2) is 5.79 Å². The third kappa shape index (κ3) is 2.41. The van der Waals surface area contributed by atoms with Gasteiger partial charge in [-0.2, -0.15) is 0 Å². The molecular weight excluding hydrogens is 324 g/mol. The number of esters is 1. The van der Waals surface area contributed by atoms with Crippen LogP contribution in [0.15, 0.2) is 0 Å². The smallest absolute Gasteiger partial charge is 0.308 e. The Morgan fingerprint density at radius 3 is 2.64 bits per heavy atom. The molecule has 0 bridgehead atoms. The fourth-order valence-electron chi connectivity index (χ4n) is 6.25. The monoisotopic (exact) mass is 354 g/mol. The van der Waals surface area contributed by atoms with Crippen LogP contribution in [0.1, 0.15) is 52.4 Å². The average molecular weight is 354 g/mol. The third-order valence-electron chi connectivity index (χ3n) is 7.47. The highest BCUT2D eigenvalue weighted by molar-refractivity contribution is 5.71. The van der Waals surface area contributed by atoms with Crippen LogP contribution in [0.4, 0.5) is 0 Å². The van der Waals surface area contributed by atoms with Gasteiger partial charge in [0.25, 0.3) is 0 Å². The zero-order valence-corrected chi connectivity index (χ0v) is 15.5. The predicted octanol–water partition coefficient (Wildman–Crippen LogP) is 2.64. The summed E-state index contributed by atoms with van der Waals surface area (Å²) in [6.07, 6.45) is 4.86. The van der Waals surface area contributed by atoms with Crippen molar-refractivity contribution in [2.45, 2.75) is 70.4 Å². The van der Waals surface area contributed by atoms with Crippen molar-refractivity contribution in [3.63, 3.8) is 0 Å². The van der Waals surface area contributed by atoms with Crippen LogP contribution >= 0.6 is 0 Å². The molecule has 0 aromatic rings. The summed E-state index contributed by atoms with van der Waals surface area (Å²) in [4.78, 5) is 12.1. The lowest BCUT2D eigenvalue weighted by atomic mass is 9.46. The SMILES string of the molecule is COCO[C@@H]1CC(=O)O[C@H]2CC[C@@]3(C)[C@@H](CCCC34OCCO4)[C@@]21C. The number of fused-ring (bicyclic) bond motifs is 4. The van der Waals surface area contributed by atoms with Crippen LogP contribution in [0, 0.1) is 16.7 Å². The minimum absolute atomic E-state index is 0.0918. The lowest BCUT2D eigenvalue weighted by Gasteiger charge is -2.64. The number of carbonyl (C=O) groups excluding carboxylic acids is 1. The molecule has 5 atom stereocenters. The average Bonchev–Trinajstić information content (AvgIpc) is 3.06. The van der Waals surface area contributed by atoms with Crippen LogP contribution in [0.3, 0.4) is 0 Å². The number of carbonyl (C=O) groups is 1. The van der Waals surface area contributed by atoms with Gasteiger partial charge in [0, 0.05) is 24.4 Å². The van der Waals surface area contributed by atoms with E-state index >= 15 is 0 Å². The van der Waals surface area contributed by atoms with E-state index in [1.165, 1.54) is 0 Å². The van der Waals surface area contributed by atoms with Crippen molar-refractivity contribution in [1.29, 1.82) is 0 Å². The standard InChI is InChI=1S/C19H30O6/c1-17-8-6-14-18(2,15(22-12-21-3)11-16(20)25-14)13(17)5-4-7-19(17)23-9-10-24-19/h13-15H,4-12H2,1-3H3/t13-,14+,15-,17+,18+/m1/s1.